The van der Waals surface area contributed by atoms with Crippen LogP contribution in [0.4, 0.5) is 0 Å². The zero-order chi connectivity index (χ0) is 18.2. The molecule has 1 amide bonds. The molecule has 7 heteroatoms. The molecule has 0 saturated heterocycles. The molecule has 0 fully saturated rings. The fraction of sp³-hybridized carbons (Fsp3) is 0.222. The summed E-state index contributed by atoms with van der Waals surface area (Å²) in [4.78, 5) is 11.9. The SMILES string of the molecule is COc1ccc(CC(=O)N/N=C\c2cc(OC)c(O)c(OC)c2)cc1. The minimum Gasteiger partial charge on any atom is -0.502 e. The van der Waals surface area contributed by atoms with Crippen molar-refractivity contribution in [1.82, 2.24) is 5.43 Å². The summed E-state index contributed by atoms with van der Waals surface area (Å²) < 4.78 is 15.2. The van der Waals surface area contributed by atoms with Crippen molar-refractivity contribution in [3.63, 3.8) is 0 Å². The van der Waals surface area contributed by atoms with Gasteiger partial charge < -0.3 is 19.3 Å². The number of carbonyl (C=O) groups excluding carboxylic acids is 1. The van der Waals surface area contributed by atoms with E-state index in [0.717, 1.165) is 11.3 Å². The summed E-state index contributed by atoms with van der Waals surface area (Å²) in [5.74, 6) is 0.901. The number of methoxy groups -OCH3 is 3. The van der Waals surface area contributed by atoms with Crippen LogP contribution in [0, 0.1) is 0 Å². The second kappa shape index (κ2) is 8.58. The lowest BCUT2D eigenvalue weighted by atomic mass is 10.1. The number of hydrazone groups is 1. The number of nitrogens with zero attached hydrogens (tertiary/aromatic N) is 1. The van der Waals surface area contributed by atoms with Crippen LogP contribution in [-0.4, -0.2) is 38.6 Å². The molecule has 7 nitrogen and oxygen atoms in total. The molecule has 0 aromatic heterocycles. The molecular formula is C18H20N2O5. The lowest BCUT2D eigenvalue weighted by molar-refractivity contribution is -0.120. The Morgan fingerprint density at radius 1 is 1.08 bits per heavy atom. The van der Waals surface area contributed by atoms with E-state index in [-0.39, 0.29) is 29.6 Å². The van der Waals surface area contributed by atoms with Gasteiger partial charge in [-0.2, -0.15) is 5.10 Å². The van der Waals surface area contributed by atoms with Crippen LogP contribution >= 0.6 is 0 Å². The quantitative estimate of drug-likeness (QED) is 0.593. The van der Waals surface area contributed by atoms with Crippen LogP contribution in [-0.2, 0) is 11.2 Å². The minimum atomic E-state index is -0.251. The van der Waals surface area contributed by atoms with Gasteiger partial charge in [-0.05, 0) is 29.8 Å². The van der Waals surface area contributed by atoms with Gasteiger partial charge in [-0.1, -0.05) is 12.1 Å². The molecule has 2 aromatic carbocycles. The van der Waals surface area contributed by atoms with E-state index in [4.69, 9.17) is 14.2 Å². The smallest absolute Gasteiger partial charge is 0.244 e. The van der Waals surface area contributed by atoms with Gasteiger partial charge in [-0.3, -0.25) is 4.79 Å². The van der Waals surface area contributed by atoms with E-state index in [9.17, 15) is 9.90 Å². The molecule has 0 bridgehead atoms. The number of ether oxygens (including phenoxy) is 3. The molecule has 0 spiro atoms. The summed E-state index contributed by atoms with van der Waals surface area (Å²) >= 11 is 0. The molecule has 2 N–H and O–H groups in total. The second-order valence-corrected chi connectivity index (χ2v) is 5.09. The third-order valence-electron chi connectivity index (χ3n) is 3.43. The average molecular weight is 344 g/mol. The molecule has 0 heterocycles. The van der Waals surface area contributed by atoms with Crippen LogP contribution < -0.4 is 19.6 Å². The number of carbonyl (C=O) groups is 1. The third-order valence-corrected chi connectivity index (χ3v) is 3.43. The molecule has 0 radical (unpaired) electrons. The number of aromatic hydroxyl groups is 1. The molecule has 2 rings (SSSR count). The normalized spacial score (nSPS) is 10.5. The van der Waals surface area contributed by atoms with Gasteiger partial charge in [0.2, 0.25) is 11.7 Å². The Morgan fingerprint density at radius 2 is 1.68 bits per heavy atom. The summed E-state index contributed by atoms with van der Waals surface area (Å²) in [6.45, 7) is 0. The monoisotopic (exact) mass is 344 g/mol. The second-order valence-electron chi connectivity index (χ2n) is 5.09. The molecule has 132 valence electrons. The molecule has 2 aromatic rings. The summed E-state index contributed by atoms with van der Waals surface area (Å²) in [7, 11) is 4.46. The molecule has 0 atom stereocenters. The van der Waals surface area contributed by atoms with Gasteiger partial charge in [0.05, 0.1) is 34.0 Å². The highest BCUT2D eigenvalue weighted by Gasteiger charge is 2.10. The van der Waals surface area contributed by atoms with E-state index < -0.39 is 0 Å². The summed E-state index contributed by atoms with van der Waals surface area (Å²) in [6.07, 6.45) is 1.64. The Hall–Kier alpha value is -3.22. The maximum absolute atomic E-state index is 11.9. The van der Waals surface area contributed by atoms with Crippen molar-refractivity contribution >= 4 is 12.1 Å². The lowest BCUT2D eigenvalue weighted by Crippen LogP contribution is -2.19. The summed E-state index contributed by atoms with van der Waals surface area (Å²) in [5.41, 5.74) is 3.91. The summed E-state index contributed by atoms with van der Waals surface area (Å²) in [5, 5.41) is 13.8. The van der Waals surface area contributed by atoms with Crippen LogP contribution in [0.5, 0.6) is 23.0 Å². The first-order valence-electron chi connectivity index (χ1n) is 7.47. The Labute approximate surface area is 145 Å². The van der Waals surface area contributed by atoms with Crippen molar-refractivity contribution in [3.8, 4) is 23.0 Å². The highest BCUT2D eigenvalue weighted by Crippen LogP contribution is 2.36. The van der Waals surface area contributed by atoms with Gasteiger partial charge >= 0.3 is 0 Å². The Morgan fingerprint density at radius 3 is 2.20 bits per heavy atom. The number of hydrogen-bond acceptors (Lipinski definition) is 6. The van der Waals surface area contributed by atoms with Gasteiger partial charge in [0.15, 0.2) is 11.5 Å². The molecule has 0 aliphatic heterocycles. The molecule has 0 aliphatic rings. The number of amides is 1. The number of phenolic OH excluding ortho intramolecular Hbond substituents is 1. The van der Waals surface area contributed by atoms with E-state index in [1.54, 1.807) is 31.4 Å². The van der Waals surface area contributed by atoms with Crippen LogP contribution in [0.2, 0.25) is 0 Å². The van der Waals surface area contributed by atoms with Crippen LogP contribution in [0.15, 0.2) is 41.5 Å². The topological polar surface area (TPSA) is 89.4 Å². The molecule has 0 aliphatic carbocycles. The van der Waals surface area contributed by atoms with E-state index in [2.05, 4.69) is 10.5 Å². The summed E-state index contributed by atoms with van der Waals surface area (Å²) in [6, 6.07) is 10.4. The molecule has 0 unspecified atom stereocenters. The standard InChI is InChI=1S/C18H20N2O5/c1-23-14-6-4-12(5-7-14)10-17(21)20-19-11-13-8-15(24-2)18(22)16(9-13)25-3/h4-9,11,22H,10H2,1-3H3,(H,20,21)/b19-11-. The molecular weight excluding hydrogens is 324 g/mol. The first-order valence-corrected chi connectivity index (χ1v) is 7.47. The number of nitrogens with one attached hydrogen (secondary N) is 1. The molecule has 0 saturated carbocycles. The molecule has 25 heavy (non-hydrogen) atoms. The highest BCUT2D eigenvalue weighted by molar-refractivity contribution is 5.84. The van der Waals surface area contributed by atoms with E-state index in [0.29, 0.717) is 5.56 Å². The first-order chi connectivity index (χ1) is 12.1. The fourth-order valence-electron chi connectivity index (χ4n) is 2.14. The maximum atomic E-state index is 11.9. The highest BCUT2D eigenvalue weighted by atomic mass is 16.5. The zero-order valence-electron chi connectivity index (χ0n) is 14.3. The number of phenols is 1. The van der Waals surface area contributed by atoms with Crippen molar-refractivity contribution in [3.05, 3.63) is 47.5 Å². The number of benzene rings is 2. The van der Waals surface area contributed by atoms with Gasteiger partial charge in [0.1, 0.15) is 5.75 Å². The van der Waals surface area contributed by atoms with Crippen LogP contribution in [0.3, 0.4) is 0 Å². The van der Waals surface area contributed by atoms with Crippen molar-refractivity contribution in [1.29, 1.82) is 0 Å². The third kappa shape index (κ3) is 4.87. The maximum Gasteiger partial charge on any atom is 0.244 e. The largest absolute Gasteiger partial charge is 0.502 e. The predicted molar refractivity (Wildman–Crippen MR) is 93.6 cm³/mol. The number of hydrogen-bond donors (Lipinski definition) is 2. The van der Waals surface area contributed by atoms with Gasteiger partial charge in [0, 0.05) is 5.56 Å². The minimum absolute atomic E-state index is 0.0920. The van der Waals surface area contributed by atoms with Crippen molar-refractivity contribution in [2.45, 2.75) is 6.42 Å². The zero-order valence-corrected chi connectivity index (χ0v) is 14.3. The Balaban J connectivity index is 1.98. The van der Waals surface area contributed by atoms with Crippen LogP contribution in [0.1, 0.15) is 11.1 Å². The van der Waals surface area contributed by atoms with Gasteiger partial charge in [-0.25, -0.2) is 5.43 Å². The van der Waals surface area contributed by atoms with E-state index in [1.807, 2.05) is 12.1 Å². The van der Waals surface area contributed by atoms with Crippen molar-refractivity contribution < 1.29 is 24.1 Å². The number of rotatable bonds is 7. The van der Waals surface area contributed by atoms with Crippen molar-refractivity contribution in [2.75, 3.05) is 21.3 Å². The van der Waals surface area contributed by atoms with Crippen molar-refractivity contribution in [2.24, 2.45) is 5.10 Å². The average Bonchev–Trinajstić information content (AvgIpc) is 2.63. The van der Waals surface area contributed by atoms with E-state index in [1.165, 1.54) is 20.4 Å². The fourth-order valence-corrected chi connectivity index (χ4v) is 2.14. The van der Waals surface area contributed by atoms with Crippen LogP contribution in [0.25, 0.3) is 0 Å². The lowest BCUT2D eigenvalue weighted by Gasteiger charge is -2.09. The van der Waals surface area contributed by atoms with E-state index >= 15 is 0 Å². The first kappa shape index (κ1) is 18.1. The van der Waals surface area contributed by atoms with Gasteiger partial charge in [-0.15, -0.1) is 0 Å². The Kier molecular flexibility index (Phi) is 6.22. The Bertz CT molecular complexity index is 732. The van der Waals surface area contributed by atoms with Gasteiger partial charge in [0.25, 0.3) is 0 Å². The predicted octanol–water partition coefficient (Wildman–Crippen LogP) is 2.11.